The van der Waals surface area contributed by atoms with Gasteiger partial charge in [-0.2, -0.15) is 0 Å². The minimum Gasteiger partial charge on any atom is -0.472 e. The lowest BCUT2D eigenvalue weighted by molar-refractivity contribution is -0.130. The van der Waals surface area contributed by atoms with E-state index >= 15 is 0 Å². The second-order valence-electron chi connectivity index (χ2n) is 7.09. The van der Waals surface area contributed by atoms with Crippen LogP contribution in [0.15, 0.2) is 47.3 Å². The Hall–Kier alpha value is -2.53. The maximum absolute atomic E-state index is 12.9. The van der Waals surface area contributed by atoms with Crippen molar-refractivity contribution in [3.63, 3.8) is 0 Å². The van der Waals surface area contributed by atoms with E-state index in [0.29, 0.717) is 6.42 Å². The maximum Gasteiger partial charge on any atom is 0.227 e. The molecule has 2 aromatic heterocycles. The van der Waals surface area contributed by atoms with Gasteiger partial charge in [-0.05, 0) is 31.0 Å². The highest BCUT2D eigenvalue weighted by molar-refractivity contribution is 5.90. The van der Waals surface area contributed by atoms with E-state index in [9.17, 15) is 4.79 Å². The van der Waals surface area contributed by atoms with Gasteiger partial charge in [-0.15, -0.1) is 0 Å². The Kier molecular flexibility index (Phi) is 4.80. The summed E-state index contributed by atoms with van der Waals surface area (Å²) >= 11 is 0. The summed E-state index contributed by atoms with van der Waals surface area (Å²) in [6, 6.07) is 10.2. The predicted octanol–water partition coefficient (Wildman–Crippen LogP) is 3.35. The molecule has 1 aliphatic heterocycles. The number of H-pyrrole nitrogens is 1. The Labute approximate surface area is 153 Å². The first-order chi connectivity index (χ1) is 12.7. The summed E-state index contributed by atoms with van der Waals surface area (Å²) in [5.74, 6) is 0.225. The summed E-state index contributed by atoms with van der Waals surface area (Å²) in [7, 11) is 0. The van der Waals surface area contributed by atoms with Crippen LogP contribution in [0.4, 0.5) is 0 Å². The number of nitrogens with zero attached hydrogens (tertiary/aromatic N) is 2. The smallest absolute Gasteiger partial charge is 0.227 e. The molecule has 1 aliphatic rings. The number of nitrogens with one attached hydrogen (secondary N) is 1. The second kappa shape index (κ2) is 7.38. The third kappa shape index (κ3) is 3.53. The van der Waals surface area contributed by atoms with Gasteiger partial charge in [-0.1, -0.05) is 18.2 Å². The number of hydrogen-bond donors (Lipinski definition) is 1. The fourth-order valence-electron chi connectivity index (χ4n) is 3.84. The van der Waals surface area contributed by atoms with Crippen LogP contribution >= 0.6 is 0 Å². The Morgan fingerprint density at radius 1 is 1.15 bits per heavy atom. The molecule has 5 nitrogen and oxygen atoms in total. The van der Waals surface area contributed by atoms with Crippen LogP contribution in [0.3, 0.4) is 0 Å². The van der Waals surface area contributed by atoms with Crippen LogP contribution < -0.4 is 0 Å². The Balaban J connectivity index is 1.41. The third-order valence-electron chi connectivity index (χ3n) is 5.28. The zero-order valence-corrected chi connectivity index (χ0v) is 15.2. The molecule has 1 N–H and O–H groups in total. The Morgan fingerprint density at radius 2 is 2.04 bits per heavy atom. The molecule has 1 aromatic carbocycles. The number of carbonyl (C=O) groups excluding carboxylic acids is 1. The first kappa shape index (κ1) is 16.9. The molecule has 0 atom stereocenters. The normalized spacial score (nSPS) is 16.1. The lowest BCUT2D eigenvalue weighted by Crippen LogP contribution is -2.36. The van der Waals surface area contributed by atoms with Gasteiger partial charge in [0.25, 0.3) is 0 Å². The number of fused-ring (bicyclic) bond motifs is 1. The van der Waals surface area contributed by atoms with Crippen molar-refractivity contribution in [2.24, 2.45) is 0 Å². The lowest BCUT2D eigenvalue weighted by Gasteiger charge is -2.22. The number of aromatic amines is 1. The monoisotopic (exact) mass is 351 g/mol. The molecule has 1 amide bonds. The van der Waals surface area contributed by atoms with Crippen molar-refractivity contribution >= 4 is 16.8 Å². The fraction of sp³-hybridized carbons (Fsp3) is 0.381. The number of rotatable bonds is 4. The van der Waals surface area contributed by atoms with E-state index in [0.717, 1.165) is 61.3 Å². The van der Waals surface area contributed by atoms with Gasteiger partial charge in [-0.25, -0.2) is 0 Å². The van der Waals surface area contributed by atoms with Crippen LogP contribution in [0, 0.1) is 6.92 Å². The average Bonchev–Trinajstić information content (AvgIpc) is 3.17. The predicted molar refractivity (Wildman–Crippen MR) is 102 cm³/mol. The molecule has 0 spiro atoms. The van der Waals surface area contributed by atoms with Gasteiger partial charge in [0.15, 0.2) is 0 Å². The first-order valence-electron chi connectivity index (χ1n) is 9.28. The number of aromatic nitrogens is 1. The van der Waals surface area contributed by atoms with Gasteiger partial charge in [0, 0.05) is 54.9 Å². The van der Waals surface area contributed by atoms with E-state index in [1.165, 1.54) is 5.56 Å². The summed E-state index contributed by atoms with van der Waals surface area (Å²) in [5.41, 5.74) is 4.52. The molecule has 3 heterocycles. The van der Waals surface area contributed by atoms with Gasteiger partial charge < -0.3 is 14.3 Å². The SMILES string of the molecule is Cc1[nH]c2ccccc2c1CC(=O)N1CCCN(Cc2ccoc2)CC1. The van der Waals surface area contributed by atoms with E-state index in [1.807, 2.05) is 23.1 Å². The molecule has 0 unspecified atom stereocenters. The van der Waals surface area contributed by atoms with Crippen LogP contribution in [-0.2, 0) is 17.8 Å². The van der Waals surface area contributed by atoms with Crippen molar-refractivity contribution in [1.29, 1.82) is 0 Å². The Morgan fingerprint density at radius 3 is 2.88 bits per heavy atom. The topological polar surface area (TPSA) is 52.5 Å². The van der Waals surface area contributed by atoms with Crippen molar-refractivity contribution in [3.8, 4) is 0 Å². The molecule has 0 bridgehead atoms. The highest BCUT2D eigenvalue weighted by Crippen LogP contribution is 2.23. The molecule has 3 aromatic rings. The molecule has 0 saturated carbocycles. The zero-order chi connectivity index (χ0) is 17.9. The molecule has 1 saturated heterocycles. The largest absolute Gasteiger partial charge is 0.472 e. The van der Waals surface area contributed by atoms with Crippen molar-refractivity contribution in [3.05, 3.63) is 59.7 Å². The lowest BCUT2D eigenvalue weighted by atomic mass is 10.1. The van der Waals surface area contributed by atoms with E-state index in [4.69, 9.17) is 4.42 Å². The summed E-state index contributed by atoms with van der Waals surface area (Å²) < 4.78 is 5.16. The molecular weight excluding hydrogens is 326 g/mol. The highest BCUT2D eigenvalue weighted by Gasteiger charge is 2.21. The van der Waals surface area contributed by atoms with Gasteiger partial charge in [0.05, 0.1) is 18.9 Å². The zero-order valence-electron chi connectivity index (χ0n) is 15.2. The minimum absolute atomic E-state index is 0.225. The Bertz CT molecular complexity index is 882. The minimum atomic E-state index is 0.225. The van der Waals surface area contributed by atoms with Crippen molar-refractivity contribution in [2.75, 3.05) is 26.2 Å². The van der Waals surface area contributed by atoms with Crippen molar-refractivity contribution in [2.45, 2.75) is 26.3 Å². The molecule has 5 heteroatoms. The van der Waals surface area contributed by atoms with E-state index in [2.05, 4.69) is 28.9 Å². The number of amides is 1. The molecular formula is C21H25N3O2. The second-order valence-corrected chi connectivity index (χ2v) is 7.09. The van der Waals surface area contributed by atoms with Crippen molar-refractivity contribution in [1.82, 2.24) is 14.8 Å². The number of hydrogen-bond acceptors (Lipinski definition) is 3. The number of aryl methyl sites for hydroxylation is 1. The van der Waals surface area contributed by atoms with Crippen LogP contribution in [0.1, 0.15) is 23.2 Å². The van der Waals surface area contributed by atoms with Gasteiger partial charge >= 0.3 is 0 Å². The number of para-hydroxylation sites is 1. The van der Waals surface area contributed by atoms with Crippen molar-refractivity contribution < 1.29 is 9.21 Å². The number of benzene rings is 1. The van der Waals surface area contributed by atoms with E-state index in [1.54, 1.807) is 12.5 Å². The molecule has 0 radical (unpaired) electrons. The van der Waals surface area contributed by atoms with Gasteiger partial charge in [-0.3, -0.25) is 9.69 Å². The number of furan rings is 1. The van der Waals surface area contributed by atoms with Crippen LogP contribution in [0.2, 0.25) is 0 Å². The molecule has 136 valence electrons. The molecule has 0 aliphatic carbocycles. The molecule has 4 rings (SSSR count). The summed E-state index contributed by atoms with van der Waals surface area (Å²) in [6.45, 7) is 6.49. The summed E-state index contributed by atoms with van der Waals surface area (Å²) in [4.78, 5) is 20.7. The van der Waals surface area contributed by atoms with E-state index in [-0.39, 0.29) is 5.91 Å². The van der Waals surface area contributed by atoms with Crippen LogP contribution in [-0.4, -0.2) is 46.9 Å². The molecule has 26 heavy (non-hydrogen) atoms. The fourth-order valence-corrected chi connectivity index (χ4v) is 3.84. The summed E-state index contributed by atoms with van der Waals surface area (Å²) in [5, 5.41) is 1.16. The van der Waals surface area contributed by atoms with Crippen LogP contribution in [0.5, 0.6) is 0 Å². The third-order valence-corrected chi connectivity index (χ3v) is 5.28. The van der Waals surface area contributed by atoms with Gasteiger partial charge in [0.2, 0.25) is 5.91 Å². The first-order valence-corrected chi connectivity index (χ1v) is 9.28. The standard InChI is InChI=1S/C21H25N3O2/c1-16-19(18-5-2-3-6-20(18)22-16)13-21(25)24-9-4-8-23(10-11-24)14-17-7-12-26-15-17/h2-3,5-7,12,15,22H,4,8-11,13-14H2,1H3. The average molecular weight is 351 g/mol. The highest BCUT2D eigenvalue weighted by atomic mass is 16.3. The quantitative estimate of drug-likeness (QED) is 0.784. The van der Waals surface area contributed by atoms with Crippen LogP contribution in [0.25, 0.3) is 10.9 Å². The maximum atomic E-state index is 12.9. The van der Waals surface area contributed by atoms with Gasteiger partial charge in [0.1, 0.15) is 0 Å². The van der Waals surface area contributed by atoms with E-state index < -0.39 is 0 Å². The molecule has 1 fully saturated rings. The number of carbonyl (C=O) groups is 1. The summed E-state index contributed by atoms with van der Waals surface area (Å²) in [6.07, 6.45) is 4.99.